The van der Waals surface area contributed by atoms with E-state index < -0.39 is 6.09 Å². The third-order valence-corrected chi connectivity index (χ3v) is 2.06. The van der Waals surface area contributed by atoms with Crippen LogP contribution in [-0.4, -0.2) is 12.7 Å². The Morgan fingerprint density at radius 3 is 2.93 bits per heavy atom. The van der Waals surface area contributed by atoms with Crippen LogP contribution in [0.25, 0.3) is 0 Å². The highest BCUT2D eigenvalue weighted by atomic mass is 35.5. The Labute approximate surface area is 97.6 Å². The molecule has 0 aliphatic carbocycles. The lowest BCUT2D eigenvalue weighted by Gasteiger charge is -2.07. The lowest BCUT2D eigenvalue weighted by molar-refractivity contribution is 0.174. The molecule has 1 aromatic rings. The summed E-state index contributed by atoms with van der Waals surface area (Å²) in [6.07, 6.45) is 0.873. The van der Waals surface area contributed by atoms with Gasteiger partial charge in [-0.05, 0) is 18.2 Å². The van der Waals surface area contributed by atoms with Gasteiger partial charge in [-0.1, -0.05) is 35.9 Å². The van der Waals surface area contributed by atoms with Crippen molar-refractivity contribution in [3.8, 4) is 0 Å². The summed E-state index contributed by atoms with van der Waals surface area (Å²) in [5.41, 5.74) is 0.415. The fourth-order valence-corrected chi connectivity index (χ4v) is 1.21. The first-order chi connectivity index (χ1) is 7.13. The molecule has 0 saturated heterocycles. The molecule has 0 fully saturated rings. The highest BCUT2D eigenvalue weighted by Crippen LogP contribution is 2.25. The largest absolute Gasteiger partial charge is 0.445 e. The molecule has 0 aliphatic rings. The maximum absolute atomic E-state index is 11.2. The molecule has 0 heterocycles. The van der Waals surface area contributed by atoms with Crippen molar-refractivity contribution in [2.75, 3.05) is 11.9 Å². The summed E-state index contributed by atoms with van der Waals surface area (Å²) in [5, 5.41) is 3.34. The highest BCUT2D eigenvalue weighted by molar-refractivity contribution is 6.35. The average molecular weight is 246 g/mol. The Bertz CT molecular complexity index is 380. The van der Waals surface area contributed by atoms with Gasteiger partial charge in [-0.15, -0.1) is 0 Å². The van der Waals surface area contributed by atoms with Gasteiger partial charge < -0.3 is 4.74 Å². The molecular weight excluding hydrogens is 237 g/mol. The molecule has 0 unspecified atom stereocenters. The maximum atomic E-state index is 11.2. The molecule has 0 radical (unpaired) electrons. The van der Waals surface area contributed by atoms with Crippen molar-refractivity contribution in [3.05, 3.63) is 40.9 Å². The number of hydrogen-bond donors (Lipinski definition) is 1. The molecule has 15 heavy (non-hydrogen) atoms. The van der Waals surface area contributed by atoms with Crippen LogP contribution in [0, 0.1) is 0 Å². The number of hydrogen-bond acceptors (Lipinski definition) is 2. The number of ether oxygens (including phenoxy) is 1. The van der Waals surface area contributed by atoms with Crippen LogP contribution in [-0.2, 0) is 4.74 Å². The molecule has 0 spiro atoms. The second-order valence-electron chi connectivity index (χ2n) is 2.64. The van der Waals surface area contributed by atoms with E-state index >= 15 is 0 Å². The lowest BCUT2D eigenvalue weighted by Crippen LogP contribution is -2.13. The third kappa shape index (κ3) is 3.81. The zero-order chi connectivity index (χ0) is 11.3. The maximum Gasteiger partial charge on any atom is 0.411 e. The van der Waals surface area contributed by atoms with Crippen LogP contribution in [0.3, 0.4) is 0 Å². The molecule has 0 aromatic heterocycles. The smallest absolute Gasteiger partial charge is 0.411 e. The van der Waals surface area contributed by atoms with Crippen LogP contribution >= 0.6 is 23.2 Å². The molecule has 1 N–H and O–H groups in total. The van der Waals surface area contributed by atoms with Gasteiger partial charge >= 0.3 is 6.09 Å². The number of nitrogens with one attached hydrogen (secondary N) is 1. The van der Waals surface area contributed by atoms with Crippen molar-refractivity contribution in [2.24, 2.45) is 0 Å². The minimum absolute atomic E-state index is 0.143. The second kappa shape index (κ2) is 5.63. The van der Waals surface area contributed by atoms with Crippen molar-refractivity contribution in [2.45, 2.75) is 0 Å². The monoisotopic (exact) mass is 245 g/mol. The number of carbonyl (C=O) groups is 1. The molecule has 3 nitrogen and oxygen atoms in total. The van der Waals surface area contributed by atoms with Gasteiger partial charge in [0.2, 0.25) is 0 Å². The number of benzene rings is 1. The fourth-order valence-electron chi connectivity index (χ4n) is 0.874. The van der Waals surface area contributed by atoms with Crippen molar-refractivity contribution < 1.29 is 9.53 Å². The van der Waals surface area contributed by atoms with Crippen LogP contribution in [0.15, 0.2) is 30.9 Å². The molecule has 1 aromatic carbocycles. The Morgan fingerprint density at radius 2 is 2.27 bits per heavy atom. The first kappa shape index (κ1) is 11.9. The molecular formula is C10H9Cl2NO2. The van der Waals surface area contributed by atoms with E-state index in [0.717, 1.165) is 0 Å². The van der Waals surface area contributed by atoms with Gasteiger partial charge in [-0.3, -0.25) is 5.32 Å². The summed E-state index contributed by atoms with van der Waals surface area (Å²) >= 11 is 11.6. The molecule has 0 aliphatic heterocycles. The Hall–Kier alpha value is -1.19. The molecule has 1 amide bonds. The van der Waals surface area contributed by atoms with Crippen LogP contribution in [0.2, 0.25) is 10.0 Å². The van der Waals surface area contributed by atoms with E-state index in [1.165, 1.54) is 6.08 Å². The first-order valence-corrected chi connectivity index (χ1v) is 4.89. The number of halogens is 2. The lowest BCUT2D eigenvalue weighted by atomic mass is 10.3. The molecule has 0 bridgehead atoms. The summed E-state index contributed by atoms with van der Waals surface area (Å²) < 4.78 is 4.72. The Balaban J connectivity index is 2.67. The number of amides is 1. The second-order valence-corrected chi connectivity index (χ2v) is 3.48. The predicted octanol–water partition coefficient (Wildman–Crippen LogP) is 3.73. The topological polar surface area (TPSA) is 38.3 Å². The van der Waals surface area contributed by atoms with Crippen LogP contribution in [0.4, 0.5) is 10.5 Å². The van der Waals surface area contributed by atoms with E-state index in [1.807, 2.05) is 0 Å². The van der Waals surface area contributed by atoms with Gasteiger partial charge in [0.25, 0.3) is 0 Å². The van der Waals surface area contributed by atoms with Crippen molar-refractivity contribution in [1.82, 2.24) is 0 Å². The predicted molar refractivity (Wildman–Crippen MR) is 61.6 cm³/mol. The molecule has 5 heteroatoms. The number of anilines is 1. The van der Waals surface area contributed by atoms with Crippen LogP contribution < -0.4 is 5.32 Å². The average Bonchev–Trinajstić information content (AvgIpc) is 2.20. The first-order valence-electron chi connectivity index (χ1n) is 4.13. The van der Waals surface area contributed by atoms with E-state index in [2.05, 4.69) is 11.9 Å². The summed E-state index contributed by atoms with van der Waals surface area (Å²) in [6, 6.07) is 4.76. The van der Waals surface area contributed by atoms with E-state index in [-0.39, 0.29) is 6.61 Å². The standard InChI is InChI=1S/C10H9Cl2NO2/c1-2-5-15-10(14)13-9-6-7(11)3-4-8(9)12/h2-4,6H,1,5H2,(H,13,14). The SMILES string of the molecule is C=CCOC(=O)Nc1cc(Cl)ccc1Cl. The minimum atomic E-state index is -0.598. The summed E-state index contributed by atoms with van der Waals surface area (Å²) in [5.74, 6) is 0. The van der Waals surface area contributed by atoms with Gasteiger partial charge in [0.05, 0.1) is 10.7 Å². The van der Waals surface area contributed by atoms with Gasteiger partial charge in [-0.2, -0.15) is 0 Å². The highest BCUT2D eigenvalue weighted by Gasteiger charge is 2.06. The van der Waals surface area contributed by atoms with Crippen LogP contribution in [0.5, 0.6) is 0 Å². The Kier molecular flexibility index (Phi) is 4.46. The van der Waals surface area contributed by atoms with Crippen LogP contribution in [0.1, 0.15) is 0 Å². The third-order valence-electron chi connectivity index (χ3n) is 1.50. The van der Waals surface area contributed by atoms with E-state index in [9.17, 15) is 4.79 Å². The molecule has 0 atom stereocenters. The zero-order valence-electron chi connectivity index (χ0n) is 7.80. The summed E-state index contributed by atoms with van der Waals surface area (Å²) in [4.78, 5) is 11.2. The van der Waals surface area contributed by atoms with Crippen molar-refractivity contribution >= 4 is 35.0 Å². The number of rotatable bonds is 3. The van der Waals surface area contributed by atoms with E-state index in [0.29, 0.717) is 15.7 Å². The van der Waals surface area contributed by atoms with Gasteiger partial charge in [0.15, 0.2) is 0 Å². The fraction of sp³-hybridized carbons (Fsp3) is 0.100. The molecule has 0 saturated carbocycles. The normalized spacial score (nSPS) is 9.47. The zero-order valence-corrected chi connectivity index (χ0v) is 9.31. The van der Waals surface area contributed by atoms with E-state index in [1.54, 1.807) is 18.2 Å². The van der Waals surface area contributed by atoms with Gasteiger partial charge in [0.1, 0.15) is 6.61 Å². The van der Waals surface area contributed by atoms with Gasteiger partial charge in [0, 0.05) is 5.02 Å². The number of carbonyl (C=O) groups excluding carboxylic acids is 1. The summed E-state index contributed by atoms with van der Waals surface area (Å²) in [7, 11) is 0. The molecule has 80 valence electrons. The Morgan fingerprint density at radius 1 is 1.53 bits per heavy atom. The minimum Gasteiger partial charge on any atom is -0.445 e. The molecule has 1 rings (SSSR count). The quantitative estimate of drug-likeness (QED) is 0.825. The van der Waals surface area contributed by atoms with Crippen molar-refractivity contribution in [3.63, 3.8) is 0 Å². The van der Waals surface area contributed by atoms with E-state index in [4.69, 9.17) is 27.9 Å². The van der Waals surface area contributed by atoms with Crippen molar-refractivity contribution in [1.29, 1.82) is 0 Å². The van der Waals surface area contributed by atoms with Gasteiger partial charge in [-0.25, -0.2) is 4.79 Å². The summed E-state index contributed by atoms with van der Waals surface area (Å²) in [6.45, 7) is 3.56.